The minimum atomic E-state index is -0.350. The second-order valence-electron chi connectivity index (χ2n) is 8.55. The molecule has 0 radical (unpaired) electrons. The Labute approximate surface area is 221 Å². The molecular weight excluding hydrogens is 492 g/mol. The molecule has 0 bridgehead atoms. The molecule has 3 aromatic rings. The van der Waals surface area contributed by atoms with Crippen molar-refractivity contribution in [1.82, 2.24) is 4.90 Å². The van der Waals surface area contributed by atoms with Crippen molar-refractivity contribution in [3.63, 3.8) is 0 Å². The van der Waals surface area contributed by atoms with Crippen LogP contribution in [0.1, 0.15) is 46.1 Å². The van der Waals surface area contributed by atoms with Gasteiger partial charge in [0.05, 0.1) is 19.3 Å². The van der Waals surface area contributed by atoms with Crippen LogP contribution in [0, 0.1) is 0 Å². The first-order valence-corrected chi connectivity index (χ1v) is 14.0. The Hall–Kier alpha value is -2.81. The highest BCUT2D eigenvalue weighted by Crippen LogP contribution is 2.38. The van der Waals surface area contributed by atoms with E-state index in [1.54, 1.807) is 25.8 Å². The highest BCUT2D eigenvalue weighted by molar-refractivity contribution is 7.99. The van der Waals surface area contributed by atoms with Gasteiger partial charge in [0.2, 0.25) is 5.91 Å². The van der Waals surface area contributed by atoms with Crippen LogP contribution >= 0.6 is 23.1 Å². The number of thiophene rings is 1. The lowest BCUT2D eigenvalue weighted by Crippen LogP contribution is -2.29. The Bertz CT molecular complexity index is 1160. The molecule has 0 saturated carbocycles. The van der Waals surface area contributed by atoms with Crippen molar-refractivity contribution in [2.45, 2.75) is 44.2 Å². The molecule has 4 rings (SSSR count). The SMILES string of the molecule is CCOC(=O)c1c(NC(=O)CCCSc2ccc(OC)cc2)sc2c1CCN(Cc1ccccc1)C2. The monoisotopic (exact) mass is 524 g/mol. The lowest BCUT2D eigenvalue weighted by Gasteiger charge is -2.27. The number of fused-ring (bicyclic) bond motifs is 1. The summed E-state index contributed by atoms with van der Waals surface area (Å²) in [7, 11) is 1.65. The van der Waals surface area contributed by atoms with E-state index in [-0.39, 0.29) is 11.9 Å². The third kappa shape index (κ3) is 6.90. The summed E-state index contributed by atoms with van der Waals surface area (Å²) in [6, 6.07) is 18.3. The summed E-state index contributed by atoms with van der Waals surface area (Å²) >= 11 is 3.22. The van der Waals surface area contributed by atoms with Gasteiger partial charge in [-0.05, 0) is 60.9 Å². The number of carbonyl (C=O) groups excluding carboxylic acids is 2. The topological polar surface area (TPSA) is 67.9 Å². The van der Waals surface area contributed by atoms with Gasteiger partial charge in [0, 0.05) is 35.8 Å². The zero-order valence-electron chi connectivity index (χ0n) is 20.7. The van der Waals surface area contributed by atoms with Crippen molar-refractivity contribution in [3.05, 3.63) is 76.2 Å². The number of methoxy groups -OCH3 is 1. The second-order valence-corrected chi connectivity index (χ2v) is 10.8. The molecule has 0 aliphatic carbocycles. The van der Waals surface area contributed by atoms with E-state index in [1.807, 2.05) is 30.3 Å². The molecule has 0 fully saturated rings. The fourth-order valence-corrected chi connectivity index (χ4v) is 6.37. The predicted octanol–water partition coefficient (Wildman–Crippen LogP) is 6.00. The largest absolute Gasteiger partial charge is 0.497 e. The number of thioether (sulfide) groups is 1. The minimum absolute atomic E-state index is 0.0735. The van der Waals surface area contributed by atoms with Crippen molar-refractivity contribution in [3.8, 4) is 5.75 Å². The van der Waals surface area contributed by atoms with Gasteiger partial charge in [-0.1, -0.05) is 30.3 Å². The molecule has 1 amide bonds. The lowest BCUT2D eigenvalue weighted by atomic mass is 10.0. The standard InChI is InChI=1S/C28H32N2O4S2/c1-3-34-28(32)26-23-15-16-30(18-20-8-5-4-6-9-20)19-24(23)36-27(26)29-25(31)10-7-17-35-22-13-11-21(33-2)12-14-22/h4-6,8-9,11-14H,3,7,10,15-19H2,1-2H3,(H,29,31). The van der Waals surface area contributed by atoms with Gasteiger partial charge >= 0.3 is 5.97 Å². The van der Waals surface area contributed by atoms with E-state index >= 15 is 0 Å². The molecule has 8 heteroatoms. The first kappa shape index (κ1) is 26.3. The van der Waals surface area contributed by atoms with E-state index in [2.05, 4.69) is 34.5 Å². The van der Waals surface area contributed by atoms with Crippen LogP contribution in [0.3, 0.4) is 0 Å². The molecule has 0 saturated heterocycles. The normalized spacial score (nSPS) is 13.2. The number of nitrogens with one attached hydrogen (secondary N) is 1. The van der Waals surface area contributed by atoms with Gasteiger partial charge in [0.1, 0.15) is 10.8 Å². The lowest BCUT2D eigenvalue weighted by molar-refractivity contribution is -0.116. The molecule has 1 aliphatic rings. The predicted molar refractivity (Wildman–Crippen MR) is 146 cm³/mol. The number of esters is 1. The molecule has 6 nitrogen and oxygen atoms in total. The summed E-state index contributed by atoms with van der Waals surface area (Å²) < 4.78 is 10.5. The van der Waals surface area contributed by atoms with Crippen molar-refractivity contribution in [2.24, 2.45) is 0 Å². The van der Waals surface area contributed by atoms with Gasteiger partial charge in [-0.15, -0.1) is 23.1 Å². The first-order chi connectivity index (χ1) is 17.6. The number of nitrogens with zero attached hydrogens (tertiary/aromatic N) is 1. The van der Waals surface area contributed by atoms with E-state index in [0.717, 1.165) is 59.3 Å². The van der Waals surface area contributed by atoms with E-state index in [1.165, 1.54) is 16.9 Å². The fourth-order valence-electron chi connectivity index (χ4n) is 4.22. The van der Waals surface area contributed by atoms with Crippen LogP contribution in [0.4, 0.5) is 5.00 Å². The van der Waals surface area contributed by atoms with E-state index < -0.39 is 0 Å². The van der Waals surface area contributed by atoms with Crippen LogP contribution in [0.5, 0.6) is 5.75 Å². The molecule has 0 unspecified atom stereocenters. The molecule has 2 aromatic carbocycles. The van der Waals surface area contributed by atoms with Crippen LogP contribution in [0.15, 0.2) is 59.5 Å². The number of hydrogen-bond donors (Lipinski definition) is 1. The Kier molecular flexibility index (Phi) is 9.44. The average molecular weight is 525 g/mol. The molecule has 1 aliphatic heterocycles. The number of benzene rings is 2. The number of amides is 1. The highest BCUT2D eigenvalue weighted by Gasteiger charge is 2.29. The van der Waals surface area contributed by atoms with Gasteiger partial charge in [-0.25, -0.2) is 4.79 Å². The van der Waals surface area contributed by atoms with Crippen molar-refractivity contribution in [1.29, 1.82) is 0 Å². The smallest absolute Gasteiger partial charge is 0.341 e. The average Bonchev–Trinajstić information content (AvgIpc) is 3.24. The number of rotatable bonds is 11. The van der Waals surface area contributed by atoms with Crippen molar-refractivity contribution < 1.29 is 19.1 Å². The van der Waals surface area contributed by atoms with Crippen LogP contribution in [-0.4, -0.2) is 42.8 Å². The van der Waals surface area contributed by atoms with Crippen molar-refractivity contribution >= 4 is 40.0 Å². The van der Waals surface area contributed by atoms with E-state index in [4.69, 9.17) is 9.47 Å². The van der Waals surface area contributed by atoms with E-state index in [0.29, 0.717) is 23.6 Å². The summed E-state index contributed by atoms with van der Waals surface area (Å²) in [4.78, 5) is 30.2. The number of carbonyl (C=O) groups is 2. The first-order valence-electron chi connectivity index (χ1n) is 12.2. The quantitative estimate of drug-likeness (QED) is 0.188. The second kappa shape index (κ2) is 12.9. The Morgan fingerprint density at radius 1 is 1.11 bits per heavy atom. The molecule has 2 heterocycles. The van der Waals surface area contributed by atoms with Crippen LogP contribution in [0.25, 0.3) is 0 Å². The number of ether oxygens (including phenoxy) is 2. The number of anilines is 1. The zero-order chi connectivity index (χ0) is 25.3. The maximum atomic E-state index is 12.8. The summed E-state index contributed by atoms with van der Waals surface area (Å²) in [6.45, 7) is 4.59. The maximum Gasteiger partial charge on any atom is 0.341 e. The fraction of sp³-hybridized carbons (Fsp3) is 0.357. The molecular formula is C28H32N2O4S2. The summed E-state index contributed by atoms with van der Waals surface area (Å²) in [5.41, 5.74) is 2.83. The van der Waals surface area contributed by atoms with Crippen LogP contribution in [-0.2, 0) is 29.0 Å². The van der Waals surface area contributed by atoms with Gasteiger partial charge in [-0.2, -0.15) is 0 Å². The Balaban J connectivity index is 1.37. The van der Waals surface area contributed by atoms with Crippen molar-refractivity contribution in [2.75, 3.05) is 31.3 Å². The van der Waals surface area contributed by atoms with Crippen LogP contribution < -0.4 is 10.1 Å². The third-order valence-corrected chi connectivity index (χ3v) is 8.22. The molecule has 1 aromatic heterocycles. The van der Waals surface area contributed by atoms with Gasteiger partial charge < -0.3 is 14.8 Å². The number of hydrogen-bond acceptors (Lipinski definition) is 7. The summed E-state index contributed by atoms with van der Waals surface area (Å²) in [5, 5.41) is 3.64. The highest BCUT2D eigenvalue weighted by atomic mass is 32.2. The van der Waals surface area contributed by atoms with Gasteiger partial charge in [0.15, 0.2) is 0 Å². The Morgan fingerprint density at radius 3 is 2.61 bits per heavy atom. The minimum Gasteiger partial charge on any atom is -0.497 e. The summed E-state index contributed by atoms with van der Waals surface area (Å²) in [6.07, 6.45) is 1.91. The third-order valence-electron chi connectivity index (χ3n) is 5.99. The maximum absolute atomic E-state index is 12.8. The molecule has 190 valence electrons. The zero-order valence-corrected chi connectivity index (χ0v) is 22.4. The van der Waals surface area contributed by atoms with Gasteiger partial charge in [-0.3, -0.25) is 9.69 Å². The van der Waals surface area contributed by atoms with Crippen LogP contribution in [0.2, 0.25) is 0 Å². The van der Waals surface area contributed by atoms with E-state index in [9.17, 15) is 9.59 Å². The molecule has 36 heavy (non-hydrogen) atoms. The Morgan fingerprint density at radius 2 is 1.89 bits per heavy atom. The molecule has 0 atom stereocenters. The molecule has 1 N–H and O–H groups in total. The summed E-state index contributed by atoms with van der Waals surface area (Å²) in [5.74, 6) is 1.24. The molecule has 0 spiro atoms. The van der Waals surface area contributed by atoms with Gasteiger partial charge in [0.25, 0.3) is 0 Å².